The maximum atomic E-state index is 11.6. The lowest BCUT2D eigenvalue weighted by atomic mass is 9.97. The summed E-state index contributed by atoms with van der Waals surface area (Å²) in [5.74, 6) is -0.159. The Kier molecular flexibility index (Phi) is 20.4. The molecule has 0 radical (unpaired) electrons. The second kappa shape index (κ2) is 26.6. The summed E-state index contributed by atoms with van der Waals surface area (Å²) in [5.41, 5.74) is 3.98. The highest BCUT2D eigenvalue weighted by molar-refractivity contribution is 6.74. The molecule has 0 saturated carbocycles. The maximum absolute atomic E-state index is 11.6. The molecule has 10 atom stereocenters. The second-order valence-electron chi connectivity index (χ2n) is 19.9. The summed E-state index contributed by atoms with van der Waals surface area (Å²) in [5, 5.41) is -0.0468. The van der Waals surface area contributed by atoms with Crippen molar-refractivity contribution >= 4 is 14.3 Å². The Bertz CT molecular complexity index is 2060. The van der Waals surface area contributed by atoms with Crippen LogP contribution < -0.4 is 0 Å². The Hall–Kier alpha value is -3.83. The van der Waals surface area contributed by atoms with Gasteiger partial charge in [-0.05, 0) is 47.7 Å². The number of methoxy groups -OCH3 is 1. The summed E-state index contributed by atoms with van der Waals surface area (Å²) in [6.07, 6.45) is 0.406. The number of carbonyl (C=O) groups is 1. The van der Waals surface area contributed by atoms with E-state index >= 15 is 0 Å². The fourth-order valence-electron chi connectivity index (χ4n) is 8.61. The van der Waals surface area contributed by atoms with Crippen molar-refractivity contribution in [2.45, 2.75) is 172 Å². The van der Waals surface area contributed by atoms with E-state index in [1.54, 1.807) is 0 Å². The average molecular weight is 969 g/mol. The lowest BCUT2D eigenvalue weighted by Crippen LogP contribution is -2.64. The molecule has 13 heteroatoms. The molecule has 0 bridgehead atoms. The van der Waals surface area contributed by atoms with E-state index in [1.165, 1.54) is 7.11 Å². The highest BCUT2D eigenvalue weighted by atomic mass is 28.4. The fourth-order valence-corrected chi connectivity index (χ4v) is 9.62. The lowest BCUT2D eigenvalue weighted by Gasteiger charge is -2.49. The predicted octanol–water partition coefficient (Wildman–Crippen LogP) is 11.0. The molecule has 3 heterocycles. The molecular weight excluding hydrogens is 893 g/mol. The third kappa shape index (κ3) is 15.8. The number of hydrogen-bond donors (Lipinski definition) is 0. The molecule has 0 spiro atoms. The van der Waals surface area contributed by atoms with Crippen molar-refractivity contribution in [3.8, 4) is 0 Å². The summed E-state index contributed by atoms with van der Waals surface area (Å²) in [6.45, 7) is 13.2. The summed E-state index contributed by atoms with van der Waals surface area (Å²) in [7, 11) is -0.844. The molecule has 12 nitrogen and oxygen atoms in total. The number of esters is 1. The zero-order valence-electron chi connectivity index (χ0n) is 41.6. The molecule has 1 unspecified atom stereocenters. The van der Waals surface area contributed by atoms with Gasteiger partial charge in [-0.3, -0.25) is 4.79 Å². The molecule has 3 aliphatic rings. The monoisotopic (exact) mass is 969 g/mol. The van der Waals surface area contributed by atoms with Crippen LogP contribution in [0.25, 0.3) is 0 Å². The first-order valence-corrected chi connectivity index (χ1v) is 28.0. The largest absolute Gasteiger partial charge is 0.469 e. The molecule has 3 saturated heterocycles. The third-order valence-electron chi connectivity index (χ3n) is 13.7. The first-order chi connectivity index (χ1) is 33.5. The van der Waals surface area contributed by atoms with Crippen LogP contribution in [-0.4, -0.2) is 96.5 Å². The van der Waals surface area contributed by atoms with E-state index in [9.17, 15) is 4.79 Å². The molecule has 4 aromatic carbocycles. The molecule has 7 rings (SSSR count). The number of ether oxygens (including phenoxy) is 10. The van der Waals surface area contributed by atoms with Crippen LogP contribution in [0.2, 0.25) is 18.1 Å². The van der Waals surface area contributed by atoms with Crippen LogP contribution >= 0.6 is 0 Å². The van der Waals surface area contributed by atoms with Gasteiger partial charge in [0.05, 0.1) is 46.2 Å². The van der Waals surface area contributed by atoms with E-state index in [0.29, 0.717) is 39.3 Å². The van der Waals surface area contributed by atoms with Gasteiger partial charge < -0.3 is 51.8 Å². The summed E-state index contributed by atoms with van der Waals surface area (Å²) in [4.78, 5) is 11.6. The molecule has 0 aliphatic carbocycles. The SMILES string of the molecule is COC(=O)CCCCCCCCO[C@H]1O[C@@H]2COC(c3ccccc3)O[C@H]2C[C@H]1O[C@H]1O[C@H](CO[Si](C)(C)C(C)(C)C)[C@@H](OCc2ccccc2)[C@H](OCc2ccccc2)[C@H]1OCc1ccccc1. The Balaban J connectivity index is 1.18. The quantitative estimate of drug-likeness (QED) is 0.0357. The summed E-state index contributed by atoms with van der Waals surface area (Å²) >= 11 is 0. The number of carbonyl (C=O) groups excluding carboxylic acids is 1. The topological polar surface area (TPSA) is 119 Å². The molecule has 69 heavy (non-hydrogen) atoms. The normalized spacial score (nSPS) is 26.3. The zero-order valence-corrected chi connectivity index (χ0v) is 42.6. The molecule has 3 aliphatic heterocycles. The van der Waals surface area contributed by atoms with Gasteiger partial charge in [0.25, 0.3) is 0 Å². The van der Waals surface area contributed by atoms with Crippen molar-refractivity contribution in [2.24, 2.45) is 0 Å². The van der Waals surface area contributed by atoms with Crippen LogP contribution in [0.5, 0.6) is 0 Å². The summed E-state index contributed by atoms with van der Waals surface area (Å²) < 4.78 is 73.6. The van der Waals surface area contributed by atoms with E-state index in [-0.39, 0.29) is 36.4 Å². The number of benzene rings is 4. The predicted molar refractivity (Wildman–Crippen MR) is 265 cm³/mol. The van der Waals surface area contributed by atoms with Crippen molar-refractivity contribution in [1.29, 1.82) is 0 Å². The lowest BCUT2D eigenvalue weighted by molar-refractivity contribution is -0.379. The van der Waals surface area contributed by atoms with E-state index in [4.69, 9.17) is 51.8 Å². The Morgan fingerprint density at radius 2 is 1.14 bits per heavy atom. The van der Waals surface area contributed by atoms with Gasteiger partial charge in [-0.2, -0.15) is 0 Å². The molecule has 0 N–H and O–H groups in total. The molecule has 3 fully saturated rings. The summed E-state index contributed by atoms with van der Waals surface area (Å²) in [6, 6.07) is 40.4. The molecule has 376 valence electrons. The van der Waals surface area contributed by atoms with Gasteiger partial charge in [-0.1, -0.05) is 168 Å². The minimum Gasteiger partial charge on any atom is -0.469 e. The minimum atomic E-state index is -2.28. The second-order valence-corrected chi connectivity index (χ2v) is 24.7. The maximum Gasteiger partial charge on any atom is 0.305 e. The van der Waals surface area contributed by atoms with Gasteiger partial charge in [0, 0.05) is 25.0 Å². The van der Waals surface area contributed by atoms with E-state index in [1.807, 2.05) is 97.1 Å². The van der Waals surface area contributed by atoms with Crippen LogP contribution in [-0.2, 0) is 76.4 Å². The first-order valence-electron chi connectivity index (χ1n) is 25.0. The van der Waals surface area contributed by atoms with Crippen molar-refractivity contribution in [3.63, 3.8) is 0 Å². The fraction of sp³-hybridized carbons (Fsp3) is 0.554. The molecule has 0 amide bonds. The highest BCUT2D eigenvalue weighted by Crippen LogP contribution is 2.40. The molecule has 4 aromatic rings. The number of fused-ring (bicyclic) bond motifs is 1. The van der Waals surface area contributed by atoms with Gasteiger partial charge in [-0.15, -0.1) is 0 Å². The third-order valence-corrected chi connectivity index (χ3v) is 18.2. The van der Waals surface area contributed by atoms with Crippen LogP contribution in [0, 0.1) is 0 Å². The van der Waals surface area contributed by atoms with Gasteiger partial charge in [-0.25, -0.2) is 0 Å². The standard InChI is InChI=1S/C56H76O12Si/c1-56(2,3)69(5,6)64-40-48-50(60-36-41-25-15-11-16-26-41)51(61-37-42-27-17-12-18-28-42)52(62-38-43-29-19-13-20-30-43)55(68-48)66-46-35-45-47(39-63-53(65-45)44-31-21-14-22-32-44)67-54(46)59-34-24-10-8-7-9-23-33-49(57)58-4/h11-22,25-32,45-48,50-55H,7-10,23-24,33-40H2,1-6H3/t45-,46+,47+,48+,50+,51-,52+,53?,54-,55-/m0/s1. The van der Waals surface area contributed by atoms with Gasteiger partial charge in [0.1, 0.15) is 36.6 Å². The van der Waals surface area contributed by atoms with Crippen LogP contribution in [0.3, 0.4) is 0 Å². The Labute approximate surface area is 411 Å². The number of unbranched alkanes of at least 4 members (excludes halogenated alkanes) is 5. The minimum absolute atomic E-state index is 0.0468. The zero-order chi connectivity index (χ0) is 48.5. The Morgan fingerprint density at radius 3 is 1.72 bits per heavy atom. The van der Waals surface area contributed by atoms with Gasteiger partial charge in [0.2, 0.25) is 0 Å². The van der Waals surface area contributed by atoms with Crippen molar-refractivity contribution < 1.29 is 56.6 Å². The van der Waals surface area contributed by atoms with Gasteiger partial charge >= 0.3 is 5.97 Å². The van der Waals surface area contributed by atoms with Crippen molar-refractivity contribution in [2.75, 3.05) is 26.9 Å². The first kappa shape index (κ1) is 53.0. The van der Waals surface area contributed by atoms with Crippen molar-refractivity contribution in [1.82, 2.24) is 0 Å². The Morgan fingerprint density at radius 1 is 0.609 bits per heavy atom. The van der Waals surface area contributed by atoms with E-state index < -0.39 is 57.7 Å². The van der Waals surface area contributed by atoms with E-state index in [0.717, 1.165) is 60.8 Å². The highest BCUT2D eigenvalue weighted by Gasteiger charge is 2.53. The average Bonchev–Trinajstić information content (AvgIpc) is 3.36. The number of rotatable bonds is 25. The molecule has 0 aromatic heterocycles. The van der Waals surface area contributed by atoms with Gasteiger partial charge in [0.15, 0.2) is 27.2 Å². The van der Waals surface area contributed by atoms with E-state index in [2.05, 4.69) is 58.1 Å². The van der Waals surface area contributed by atoms with Crippen molar-refractivity contribution in [3.05, 3.63) is 144 Å². The number of hydrogen-bond acceptors (Lipinski definition) is 12. The van der Waals surface area contributed by atoms with Crippen LogP contribution in [0.4, 0.5) is 0 Å². The van der Waals surface area contributed by atoms with Crippen LogP contribution in [0.1, 0.15) is 101 Å². The smallest absolute Gasteiger partial charge is 0.305 e. The van der Waals surface area contributed by atoms with Crippen LogP contribution in [0.15, 0.2) is 121 Å². The molecular formula is C56H76O12Si.